The molecule has 19 heavy (non-hydrogen) atoms. The molecule has 1 N–H and O–H groups in total. The molecule has 0 bridgehead atoms. The van der Waals surface area contributed by atoms with Gasteiger partial charge in [-0.25, -0.2) is 0 Å². The summed E-state index contributed by atoms with van der Waals surface area (Å²) in [7, 11) is 1.65. The Labute approximate surface area is 115 Å². The van der Waals surface area contributed by atoms with Gasteiger partial charge in [-0.1, -0.05) is 0 Å². The van der Waals surface area contributed by atoms with Crippen LogP contribution in [0.3, 0.4) is 0 Å². The number of hydrogen-bond donors (Lipinski definition) is 1. The summed E-state index contributed by atoms with van der Waals surface area (Å²) < 4.78 is 10.9. The first-order chi connectivity index (χ1) is 8.74. The number of methoxy groups -OCH3 is 1. The van der Waals surface area contributed by atoms with Crippen LogP contribution >= 0.6 is 0 Å². The first kappa shape index (κ1) is 16.6. The summed E-state index contributed by atoms with van der Waals surface area (Å²) in [4.78, 5) is 14.5. The Balaban J connectivity index is 2.74. The maximum atomic E-state index is 12.4. The van der Waals surface area contributed by atoms with Gasteiger partial charge < -0.3 is 14.6 Å². The van der Waals surface area contributed by atoms with E-state index in [0.29, 0.717) is 26.2 Å². The Hall–Kier alpha value is -0.490. The van der Waals surface area contributed by atoms with Crippen LogP contribution in [0.2, 0.25) is 0 Å². The van der Waals surface area contributed by atoms with Crippen molar-refractivity contribution in [2.75, 3.05) is 40.0 Å². The van der Waals surface area contributed by atoms with Crippen molar-refractivity contribution in [3.63, 3.8) is 0 Å². The second-order valence-corrected chi connectivity index (χ2v) is 6.15. The Bertz CT molecular complexity index is 315. The highest BCUT2D eigenvalue weighted by Crippen LogP contribution is 2.39. The van der Waals surface area contributed by atoms with Gasteiger partial charge in [0, 0.05) is 26.7 Å². The molecule has 5 nitrogen and oxygen atoms in total. The molecule has 0 aliphatic carbocycles. The first-order valence-electron chi connectivity index (χ1n) is 6.81. The summed E-state index contributed by atoms with van der Waals surface area (Å²) in [6.07, 6.45) is 0. The topological polar surface area (TPSA) is 59.0 Å². The largest absolute Gasteiger partial charge is 0.395 e. The van der Waals surface area contributed by atoms with Gasteiger partial charge in [-0.15, -0.1) is 0 Å². The van der Waals surface area contributed by atoms with Crippen LogP contribution in [0.5, 0.6) is 0 Å². The molecule has 1 unspecified atom stereocenters. The number of Topliss-reactive ketones (excluding diaryl/α,β-unsaturated/α-hetero) is 1. The normalized spacial score (nSPS) is 25.2. The molecule has 1 aliphatic heterocycles. The van der Waals surface area contributed by atoms with E-state index in [0.717, 1.165) is 0 Å². The molecule has 1 fully saturated rings. The number of aliphatic hydroxyl groups excluding tert-OH is 1. The van der Waals surface area contributed by atoms with Gasteiger partial charge in [-0.3, -0.25) is 9.69 Å². The Morgan fingerprint density at radius 2 is 1.95 bits per heavy atom. The average Bonchev–Trinajstić information content (AvgIpc) is 2.44. The highest BCUT2D eigenvalue weighted by molar-refractivity contribution is 5.91. The molecule has 1 heterocycles. The van der Waals surface area contributed by atoms with E-state index in [1.54, 1.807) is 7.11 Å². The molecule has 5 heteroatoms. The lowest BCUT2D eigenvalue weighted by Crippen LogP contribution is -2.43. The van der Waals surface area contributed by atoms with Crippen LogP contribution < -0.4 is 0 Å². The molecular formula is C14H27NO4. The van der Waals surface area contributed by atoms with Crippen LogP contribution in [-0.2, 0) is 14.3 Å². The van der Waals surface area contributed by atoms with Gasteiger partial charge in [-0.05, 0) is 27.7 Å². The maximum Gasteiger partial charge on any atom is 0.171 e. The standard InChI is InChI=1S/C14H27NO4/c1-13(2)11(12(17)14(3,4)19-13)10-15(6-8-16)7-9-18-5/h11,16H,6-10H2,1-5H3. The van der Waals surface area contributed by atoms with E-state index in [1.807, 2.05) is 27.7 Å². The minimum Gasteiger partial charge on any atom is -0.395 e. The third-order valence-corrected chi connectivity index (χ3v) is 3.74. The van der Waals surface area contributed by atoms with Gasteiger partial charge in [0.1, 0.15) is 5.60 Å². The summed E-state index contributed by atoms with van der Waals surface area (Å²) in [5.41, 5.74) is -1.19. The van der Waals surface area contributed by atoms with Crippen molar-refractivity contribution in [1.29, 1.82) is 0 Å². The monoisotopic (exact) mass is 273 g/mol. The number of rotatable bonds is 7. The van der Waals surface area contributed by atoms with Gasteiger partial charge in [-0.2, -0.15) is 0 Å². The van der Waals surface area contributed by atoms with Crippen LogP contribution in [0.15, 0.2) is 0 Å². The van der Waals surface area contributed by atoms with Crippen molar-refractivity contribution in [3.05, 3.63) is 0 Å². The molecule has 1 atom stereocenters. The molecule has 1 saturated heterocycles. The third-order valence-electron chi connectivity index (χ3n) is 3.74. The zero-order valence-electron chi connectivity index (χ0n) is 12.7. The number of nitrogens with zero attached hydrogens (tertiary/aromatic N) is 1. The molecular weight excluding hydrogens is 246 g/mol. The predicted molar refractivity (Wildman–Crippen MR) is 73.1 cm³/mol. The molecule has 0 aromatic carbocycles. The Morgan fingerprint density at radius 3 is 2.37 bits per heavy atom. The lowest BCUT2D eigenvalue weighted by atomic mass is 9.85. The third kappa shape index (κ3) is 3.99. The fraction of sp³-hybridized carbons (Fsp3) is 0.929. The molecule has 0 spiro atoms. The molecule has 0 amide bonds. The van der Waals surface area contributed by atoms with Crippen LogP contribution in [0.4, 0.5) is 0 Å². The highest BCUT2D eigenvalue weighted by atomic mass is 16.5. The van der Waals surface area contributed by atoms with Crippen molar-refractivity contribution < 1.29 is 19.4 Å². The number of carbonyl (C=O) groups is 1. The summed E-state index contributed by atoms with van der Waals surface area (Å²) in [6, 6.07) is 0. The van der Waals surface area contributed by atoms with E-state index in [1.165, 1.54) is 0 Å². The molecule has 1 rings (SSSR count). The van der Waals surface area contributed by atoms with Crippen molar-refractivity contribution in [1.82, 2.24) is 4.90 Å². The molecule has 0 aromatic heterocycles. The summed E-state index contributed by atoms with van der Waals surface area (Å²) in [5, 5.41) is 9.11. The number of ketones is 1. The smallest absolute Gasteiger partial charge is 0.171 e. The number of ether oxygens (including phenoxy) is 2. The molecule has 1 aliphatic rings. The van der Waals surface area contributed by atoms with Crippen molar-refractivity contribution in [2.45, 2.75) is 38.9 Å². The van der Waals surface area contributed by atoms with Gasteiger partial charge in [0.15, 0.2) is 5.78 Å². The number of hydrogen-bond acceptors (Lipinski definition) is 5. The van der Waals surface area contributed by atoms with Gasteiger partial charge in [0.2, 0.25) is 0 Å². The second-order valence-electron chi connectivity index (χ2n) is 6.15. The van der Waals surface area contributed by atoms with E-state index in [-0.39, 0.29) is 18.3 Å². The first-order valence-corrected chi connectivity index (χ1v) is 6.81. The van der Waals surface area contributed by atoms with Crippen LogP contribution in [0, 0.1) is 5.92 Å². The fourth-order valence-corrected chi connectivity index (χ4v) is 2.73. The fourth-order valence-electron chi connectivity index (χ4n) is 2.73. The van der Waals surface area contributed by atoms with Gasteiger partial charge in [0.25, 0.3) is 0 Å². The second kappa shape index (κ2) is 6.31. The molecule has 0 aromatic rings. The molecule has 0 radical (unpaired) electrons. The average molecular weight is 273 g/mol. The predicted octanol–water partition coefficient (Wildman–Crippen LogP) is 0.700. The minimum atomic E-state index is -0.722. The van der Waals surface area contributed by atoms with Crippen LogP contribution in [0.1, 0.15) is 27.7 Å². The SMILES string of the molecule is COCCN(CCO)CC1C(=O)C(C)(C)OC1(C)C. The zero-order valence-corrected chi connectivity index (χ0v) is 12.7. The van der Waals surface area contributed by atoms with E-state index < -0.39 is 11.2 Å². The van der Waals surface area contributed by atoms with Crippen molar-refractivity contribution >= 4 is 5.78 Å². The van der Waals surface area contributed by atoms with Crippen LogP contribution in [-0.4, -0.2) is 66.9 Å². The van der Waals surface area contributed by atoms with Crippen molar-refractivity contribution in [2.24, 2.45) is 5.92 Å². The summed E-state index contributed by atoms with van der Waals surface area (Å²) in [6.45, 7) is 10.1. The lowest BCUT2D eigenvalue weighted by molar-refractivity contribution is -0.132. The Morgan fingerprint density at radius 1 is 1.32 bits per heavy atom. The lowest BCUT2D eigenvalue weighted by Gasteiger charge is -2.30. The molecule has 112 valence electrons. The van der Waals surface area contributed by atoms with E-state index in [9.17, 15) is 4.79 Å². The summed E-state index contributed by atoms with van der Waals surface area (Å²) >= 11 is 0. The van der Waals surface area contributed by atoms with E-state index in [2.05, 4.69) is 4.90 Å². The van der Waals surface area contributed by atoms with Gasteiger partial charge in [0.05, 0.1) is 24.7 Å². The van der Waals surface area contributed by atoms with Gasteiger partial charge >= 0.3 is 0 Å². The highest BCUT2D eigenvalue weighted by Gasteiger charge is 2.53. The number of aliphatic hydroxyl groups is 1. The van der Waals surface area contributed by atoms with E-state index >= 15 is 0 Å². The van der Waals surface area contributed by atoms with Crippen LogP contribution in [0.25, 0.3) is 0 Å². The maximum absolute atomic E-state index is 12.4. The quantitative estimate of drug-likeness (QED) is 0.740. The minimum absolute atomic E-state index is 0.0787. The van der Waals surface area contributed by atoms with Crippen molar-refractivity contribution in [3.8, 4) is 0 Å². The molecule has 0 saturated carbocycles. The van der Waals surface area contributed by atoms with E-state index in [4.69, 9.17) is 14.6 Å². The number of carbonyl (C=O) groups excluding carboxylic acids is 1. The summed E-state index contributed by atoms with van der Waals surface area (Å²) in [5.74, 6) is -0.0382. The zero-order chi connectivity index (χ0) is 14.7. The Kier molecular flexibility index (Phi) is 5.50.